The summed E-state index contributed by atoms with van der Waals surface area (Å²) in [5.74, 6) is 0.704. The smallest absolute Gasteiger partial charge is 0.404 e. The standard InChI is InChI=1S/C29H32ClN7O4S/c1-3-17-13-19(14-20-16-32-29(34-26(17)20)33-21-9-11-22(12-10-21)41-28(31)38)27-18(4-2)15-25(35-36-27)37(42(39)40)24-8-6-5-7-23(24)30/h5-8,13-16,21-22H,3-4,9-12H2,1-2H3,(H2,31,38)(H,39,40)(H,32,33,34)/p-1. The number of fused-ring (bicyclic) bond motifs is 1. The monoisotopic (exact) mass is 608 g/mol. The van der Waals surface area contributed by atoms with E-state index >= 15 is 0 Å². The molecule has 0 spiro atoms. The number of aromatic nitrogens is 4. The molecular formula is C29H31ClN7O4S-. The molecular weight excluding hydrogens is 578 g/mol. The van der Waals surface area contributed by atoms with Crippen molar-refractivity contribution in [2.75, 3.05) is 9.62 Å². The van der Waals surface area contributed by atoms with Gasteiger partial charge < -0.3 is 20.3 Å². The second-order valence-electron chi connectivity index (χ2n) is 10.1. The normalized spacial score (nSPS) is 17.5. The van der Waals surface area contributed by atoms with Crippen molar-refractivity contribution >= 4 is 57.3 Å². The number of nitrogens with two attached hydrogens (primary N) is 1. The highest BCUT2D eigenvalue weighted by molar-refractivity contribution is 7.81. The zero-order valence-electron chi connectivity index (χ0n) is 23.2. The van der Waals surface area contributed by atoms with Gasteiger partial charge in [0.2, 0.25) is 5.95 Å². The molecule has 1 saturated carbocycles. The number of carbonyl (C=O) groups excluding carboxylic acids is 1. The molecule has 0 aliphatic heterocycles. The Morgan fingerprint density at radius 1 is 1.12 bits per heavy atom. The lowest BCUT2D eigenvalue weighted by molar-refractivity contribution is 0.0805. The van der Waals surface area contributed by atoms with E-state index in [-0.39, 0.29) is 23.0 Å². The average Bonchev–Trinajstić information content (AvgIpc) is 2.98. The van der Waals surface area contributed by atoms with Crippen LogP contribution in [0.15, 0.2) is 48.7 Å². The molecule has 1 aliphatic rings. The molecule has 1 amide bonds. The number of ether oxygens (including phenoxy) is 1. The van der Waals surface area contributed by atoms with E-state index in [9.17, 15) is 13.6 Å². The van der Waals surface area contributed by atoms with E-state index in [0.717, 1.165) is 64.0 Å². The first-order valence-electron chi connectivity index (χ1n) is 13.8. The molecule has 3 N–H and O–H groups in total. The van der Waals surface area contributed by atoms with Crippen LogP contribution in [-0.4, -0.2) is 47.2 Å². The molecule has 4 aromatic rings. The van der Waals surface area contributed by atoms with Gasteiger partial charge in [-0.1, -0.05) is 37.6 Å². The van der Waals surface area contributed by atoms with E-state index < -0.39 is 17.4 Å². The van der Waals surface area contributed by atoms with Crippen LogP contribution >= 0.6 is 11.6 Å². The molecule has 1 aliphatic carbocycles. The Morgan fingerprint density at radius 3 is 2.52 bits per heavy atom. The number of primary amides is 1. The number of rotatable bonds is 9. The second kappa shape index (κ2) is 13.0. The molecule has 42 heavy (non-hydrogen) atoms. The van der Waals surface area contributed by atoms with Gasteiger partial charge in [0, 0.05) is 23.2 Å². The zero-order valence-corrected chi connectivity index (χ0v) is 24.8. The molecule has 0 radical (unpaired) electrons. The van der Waals surface area contributed by atoms with Gasteiger partial charge in [-0.2, -0.15) is 0 Å². The maximum atomic E-state index is 12.2. The minimum Gasteiger partial charge on any atom is -0.755 e. The van der Waals surface area contributed by atoms with Crippen LogP contribution in [0.5, 0.6) is 0 Å². The number of carbonyl (C=O) groups is 1. The van der Waals surface area contributed by atoms with Gasteiger partial charge in [0.1, 0.15) is 6.10 Å². The van der Waals surface area contributed by atoms with Gasteiger partial charge in [0.15, 0.2) is 5.82 Å². The van der Waals surface area contributed by atoms with Crippen molar-refractivity contribution < 1.29 is 18.3 Å². The number of aryl methyl sites for hydroxylation is 2. The molecule has 1 unspecified atom stereocenters. The van der Waals surface area contributed by atoms with Crippen molar-refractivity contribution in [3.63, 3.8) is 0 Å². The maximum absolute atomic E-state index is 12.2. The number of benzene rings is 2. The highest BCUT2D eigenvalue weighted by Gasteiger charge is 2.24. The Kier molecular flexibility index (Phi) is 9.15. The fourth-order valence-corrected chi connectivity index (χ4v) is 6.13. The van der Waals surface area contributed by atoms with Crippen LogP contribution in [-0.2, 0) is 28.8 Å². The topological polar surface area (TPSA) is 159 Å². The summed E-state index contributed by atoms with van der Waals surface area (Å²) < 4.78 is 30.6. The number of halogens is 1. The first kappa shape index (κ1) is 29.6. The maximum Gasteiger partial charge on any atom is 0.404 e. The number of para-hydroxylation sites is 1. The number of hydrogen-bond acceptors (Lipinski definition) is 9. The molecule has 220 valence electrons. The second-order valence-corrected chi connectivity index (χ2v) is 11.3. The number of anilines is 3. The fraction of sp³-hybridized carbons (Fsp3) is 0.345. The number of nitrogens with one attached hydrogen (secondary N) is 1. The largest absolute Gasteiger partial charge is 0.755 e. The van der Waals surface area contributed by atoms with Crippen LogP contribution in [0.2, 0.25) is 5.02 Å². The van der Waals surface area contributed by atoms with E-state index in [1.807, 2.05) is 19.1 Å². The third-order valence-electron chi connectivity index (χ3n) is 7.38. The molecule has 11 nitrogen and oxygen atoms in total. The first-order valence-corrected chi connectivity index (χ1v) is 15.2. The Balaban J connectivity index is 1.43. The Bertz CT molecular complexity index is 1630. The van der Waals surface area contributed by atoms with Crippen molar-refractivity contribution in [1.82, 2.24) is 20.2 Å². The predicted molar refractivity (Wildman–Crippen MR) is 162 cm³/mol. The summed E-state index contributed by atoms with van der Waals surface area (Å²) in [6.45, 7) is 4.04. The highest BCUT2D eigenvalue weighted by Crippen LogP contribution is 2.35. The third kappa shape index (κ3) is 6.45. The van der Waals surface area contributed by atoms with Crippen LogP contribution in [0.3, 0.4) is 0 Å². The molecule has 13 heteroatoms. The molecule has 0 bridgehead atoms. The summed E-state index contributed by atoms with van der Waals surface area (Å²) in [6, 6.07) is 12.6. The lowest BCUT2D eigenvalue weighted by atomic mass is 9.93. The lowest BCUT2D eigenvalue weighted by Gasteiger charge is -2.28. The molecule has 5 rings (SSSR count). The van der Waals surface area contributed by atoms with E-state index in [2.05, 4.69) is 27.4 Å². The SMILES string of the molecule is CCc1cc(N(c2ccccc2Cl)S(=O)[O-])nnc1-c1cc(CC)c2nc(NC3CCC(OC(N)=O)CC3)ncc2c1. The van der Waals surface area contributed by atoms with Crippen LogP contribution in [0.4, 0.5) is 22.2 Å². The Hall–Kier alpha value is -3.87. The van der Waals surface area contributed by atoms with Crippen molar-refractivity contribution in [3.8, 4) is 11.3 Å². The highest BCUT2D eigenvalue weighted by atomic mass is 35.5. The van der Waals surface area contributed by atoms with Crippen LogP contribution < -0.4 is 15.4 Å². The molecule has 2 aromatic carbocycles. The van der Waals surface area contributed by atoms with Gasteiger partial charge in [-0.05, 0) is 80.0 Å². The van der Waals surface area contributed by atoms with E-state index in [4.69, 9.17) is 27.1 Å². The Morgan fingerprint density at radius 2 is 1.86 bits per heavy atom. The summed E-state index contributed by atoms with van der Waals surface area (Å²) in [5, 5.41) is 13.3. The van der Waals surface area contributed by atoms with Gasteiger partial charge in [0.05, 0.1) is 33.2 Å². The van der Waals surface area contributed by atoms with Crippen molar-refractivity contribution in [2.45, 2.75) is 64.5 Å². The van der Waals surface area contributed by atoms with Gasteiger partial charge in [-0.15, -0.1) is 10.2 Å². The zero-order chi connectivity index (χ0) is 29.8. The minimum absolute atomic E-state index is 0.143. The summed E-state index contributed by atoms with van der Waals surface area (Å²) in [5.41, 5.74) is 9.65. The average molecular weight is 609 g/mol. The quantitative estimate of drug-likeness (QED) is 0.230. The number of amides is 1. The predicted octanol–water partition coefficient (Wildman–Crippen LogP) is 5.62. The van der Waals surface area contributed by atoms with Crippen molar-refractivity contribution in [1.29, 1.82) is 0 Å². The minimum atomic E-state index is -2.66. The van der Waals surface area contributed by atoms with E-state index in [1.54, 1.807) is 36.5 Å². The summed E-state index contributed by atoms with van der Waals surface area (Å²) >= 11 is 3.63. The van der Waals surface area contributed by atoms with E-state index in [1.165, 1.54) is 0 Å². The first-order chi connectivity index (χ1) is 20.3. The third-order valence-corrected chi connectivity index (χ3v) is 8.38. The molecule has 2 aromatic heterocycles. The van der Waals surface area contributed by atoms with Gasteiger partial charge in [0.25, 0.3) is 0 Å². The van der Waals surface area contributed by atoms with Gasteiger partial charge in [-0.25, -0.2) is 14.8 Å². The van der Waals surface area contributed by atoms with Crippen LogP contribution in [0.1, 0.15) is 50.7 Å². The number of nitrogens with zero attached hydrogens (tertiary/aromatic N) is 5. The number of hydrogen-bond donors (Lipinski definition) is 2. The van der Waals surface area contributed by atoms with Crippen molar-refractivity contribution in [3.05, 3.63) is 64.8 Å². The summed E-state index contributed by atoms with van der Waals surface area (Å²) in [6.07, 6.45) is 5.36. The molecule has 2 heterocycles. The van der Waals surface area contributed by atoms with Gasteiger partial charge >= 0.3 is 6.09 Å². The Labute approximate surface area is 251 Å². The molecule has 1 fully saturated rings. The molecule has 0 saturated heterocycles. The van der Waals surface area contributed by atoms with Crippen LogP contribution in [0.25, 0.3) is 22.2 Å². The summed E-state index contributed by atoms with van der Waals surface area (Å²) in [4.78, 5) is 20.4. The van der Waals surface area contributed by atoms with E-state index in [0.29, 0.717) is 23.8 Å². The summed E-state index contributed by atoms with van der Waals surface area (Å²) in [7, 11) is 0. The van der Waals surface area contributed by atoms with Crippen molar-refractivity contribution in [2.24, 2.45) is 5.73 Å². The fourth-order valence-electron chi connectivity index (χ4n) is 5.29. The van der Waals surface area contributed by atoms with Gasteiger partial charge in [-0.3, -0.25) is 8.51 Å². The lowest BCUT2D eigenvalue weighted by Crippen LogP contribution is -2.32. The van der Waals surface area contributed by atoms with Crippen LogP contribution in [0, 0.1) is 0 Å². The molecule has 1 atom stereocenters.